The first-order valence-corrected chi connectivity index (χ1v) is 5.42. The van der Waals surface area contributed by atoms with Crippen LogP contribution < -0.4 is 0 Å². The van der Waals surface area contributed by atoms with E-state index in [1.54, 1.807) is 13.8 Å². The van der Waals surface area contributed by atoms with E-state index in [-0.39, 0.29) is 13.2 Å². The number of halogens is 4. The second-order valence-electron chi connectivity index (χ2n) is 2.80. The van der Waals surface area contributed by atoms with E-state index in [9.17, 15) is 0 Å². The average Bonchev–Trinajstić information content (AvgIpc) is 1.98. The first-order valence-electron chi connectivity index (χ1n) is 3.67. The molecule has 6 heteroatoms. The molecule has 80 valence electrons. The van der Waals surface area contributed by atoms with Gasteiger partial charge >= 0.3 is 0 Å². The van der Waals surface area contributed by atoms with E-state index in [0.717, 1.165) is 0 Å². The van der Waals surface area contributed by atoms with E-state index in [2.05, 4.69) is 0 Å². The highest BCUT2D eigenvalue weighted by molar-refractivity contribution is 6.44. The molecule has 0 aliphatic carbocycles. The Labute approximate surface area is 98.4 Å². The van der Waals surface area contributed by atoms with Crippen LogP contribution in [-0.4, -0.2) is 28.7 Å². The van der Waals surface area contributed by atoms with Crippen molar-refractivity contribution in [2.45, 2.75) is 29.3 Å². The van der Waals surface area contributed by atoms with Gasteiger partial charge in [-0.15, -0.1) is 46.4 Å². The maximum atomic E-state index is 5.48. The smallest absolute Gasteiger partial charge is 0.162 e. The van der Waals surface area contributed by atoms with Crippen LogP contribution in [0, 0.1) is 0 Å². The van der Waals surface area contributed by atoms with E-state index in [0.29, 0.717) is 0 Å². The molecule has 0 rings (SSSR count). The predicted molar refractivity (Wildman–Crippen MR) is 57.0 cm³/mol. The molecule has 0 aromatic rings. The van der Waals surface area contributed by atoms with E-state index in [1.165, 1.54) is 0 Å². The van der Waals surface area contributed by atoms with Gasteiger partial charge in [0.2, 0.25) is 0 Å². The zero-order chi connectivity index (χ0) is 10.5. The number of rotatable bonds is 6. The minimum atomic E-state index is -0.774. The molecule has 0 heterocycles. The molecule has 0 atom stereocenters. The van der Waals surface area contributed by atoms with Crippen LogP contribution >= 0.6 is 46.4 Å². The van der Waals surface area contributed by atoms with Gasteiger partial charge in [-0.05, 0) is 13.8 Å². The SMILES string of the molecule is CC(C)(OCC(Cl)Cl)OCC(Cl)Cl. The van der Waals surface area contributed by atoms with E-state index < -0.39 is 15.5 Å². The molecule has 0 amide bonds. The summed E-state index contributed by atoms with van der Waals surface area (Å²) >= 11 is 21.9. The molecule has 0 unspecified atom stereocenters. The van der Waals surface area contributed by atoms with Crippen molar-refractivity contribution >= 4 is 46.4 Å². The molecular weight excluding hydrogens is 258 g/mol. The molecule has 0 aromatic heterocycles. The molecule has 0 fully saturated rings. The predicted octanol–water partition coefficient (Wildman–Crippen LogP) is 3.36. The largest absolute Gasteiger partial charge is 0.348 e. The van der Waals surface area contributed by atoms with Gasteiger partial charge in [0, 0.05) is 0 Å². The third-order valence-corrected chi connectivity index (χ3v) is 1.62. The maximum Gasteiger partial charge on any atom is 0.162 e. The molecule has 0 aromatic carbocycles. The first kappa shape index (κ1) is 14.1. The minimum Gasteiger partial charge on any atom is -0.348 e. The molecule has 2 nitrogen and oxygen atoms in total. The van der Waals surface area contributed by atoms with Crippen molar-refractivity contribution in [3.05, 3.63) is 0 Å². The second-order valence-corrected chi connectivity index (χ2v) is 5.36. The third-order valence-electron chi connectivity index (χ3n) is 1.11. The number of hydrogen-bond acceptors (Lipinski definition) is 2. The molecular formula is C7H12Cl4O2. The Hall–Kier alpha value is 1.08. The van der Waals surface area contributed by atoms with Gasteiger partial charge in [0.1, 0.15) is 9.67 Å². The number of ether oxygens (including phenoxy) is 2. The van der Waals surface area contributed by atoms with E-state index in [4.69, 9.17) is 55.9 Å². The average molecular weight is 270 g/mol. The summed E-state index contributed by atoms with van der Waals surface area (Å²) in [4.78, 5) is -1.13. The highest BCUT2D eigenvalue weighted by atomic mass is 35.5. The fraction of sp³-hybridized carbons (Fsp3) is 1.00. The normalized spacial score (nSPS) is 12.9. The van der Waals surface area contributed by atoms with Crippen molar-refractivity contribution in [3.63, 3.8) is 0 Å². The van der Waals surface area contributed by atoms with Crippen LogP contribution in [0.3, 0.4) is 0 Å². The monoisotopic (exact) mass is 268 g/mol. The number of alkyl halides is 4. The summed E-state index contributed by atoms with van der Waals surface area (Å²) in [5.41, 5.74) is 0. The Kier molecular flexibility index (Phi) is 7.09. The van der Waals surface area contributed by atoms with Gasteiger partial charge in [0.05, 0.1) is 13.2 Å². The van der Waals surface area contributed by atoms with Gasteiger partial charge < -0.3 is 9.47 Å². The summed E-state index contributed by atoms with van der Waals surface area (Å²) in [5, 5.41) is 0. The Bertz CT molecular complexity index is 124. The Morgan fingerprint density at radius 1 is 0.923 bits per heavy atom. The standard InChI is InChI=1S/C7H12Cl4O2/c1-7(2,12-3-5(8)9)13-4-6(10)11/h5-6H,3-4H2,1-2H3. The lowest BCUT2D eigenvalue weighted by Crippen LogP contribution is -2.31. The van der Waals surface area contributed by atoms with Crippen LogP contribution in [0.15, 0.2) is 0 Å². The lowest BCUT2D eigenvalue weighted by atomic mass is 10.4. The fourth-order valence-corrected chi connectivity index (χ4v) is 0.821. The van der Waals surface area contributed by atoms with Gasteiger partial charge in [-0.3, -0.25) is 0 Å². The molecule has 0 aliphatic heterocycles. The van der Waals surface area contributed by atoms with E-state index in [1.807, 2.05) is 0 Å². The minimum absolute atomic E-state index is 0.200. The molecule has 0 radical (unpaired) electrons. The topological polar surface area (TPSA) is 18.5 Å². The van der Waals surface area contributed by atoms with Crippen molar-refractivity contribution in [1.29, 1.82) is 0 Å². The quantitative estimate of drug-likeness (QED) is 0.544. The molecule has 0 aliphatic rings. The van der Waals surface area contributed by atoms with Crippen LogP contribution in [0.1, 0.15) is 13.8 Å². The summed E-state index contributed by atoms with van der Waals surface area (Å²) in [6, 6.07) is 0. The lowest BCUT2D eigenvalue weighted by molar-refractivity contribution is -0.209. The maximum absolute atomic E-state index is 5.48. The van der Waals surface area contributed by atoms with Crippen molar-refractivity contribution in [2.24, 2.45) is 0 Å². The van der Waals surface area contributed by atoms with Crippen LogP contribution in [0.25, 0.3) is 0 Å². The highest BCUT2D eigenvalue weighted by Gasteiger charge is 2.21. The molecule has 0 N–H and O–H groups in total. The molecule has 0 saturated heterocycles. The Morgan fingerprint density at radius 2 is 1.23 bits per heavy atom. The summed E-state index contributed by atoms with van der Waals surface area (Å²) in [7, 11) is 0. The molecule has 0 saturated carbocycles. The van der Waals surface area contributed by atoms with Crippen molar-refractivity contribution in [3.8, 4) is 0 Å². The zero-order valence-corrected chi connectivity index (χ0v) is 10.4. The van der Waals surface area contributed by atoms with Crippen molar-refractivity contribution in [2.75, 3.05) is 13.2 Å². The van der Waals surface area contributed by atoms with E-state index >= 15 is 0 Å². The van der Waals surface area contributed by atoms with Crippen LogP contribution in [0.4, 0.5) is 0 Å². The van der Waals surface area contributed by atoms with Crippen LogP contribution in [-0.2, 0) is 9.47 Å². The molecule has 0 bridgehead atoms. The van der Waals surface area contributed by atoms with Gasteiger partial charge in [-0.25, -0.2) is 0 Å². The van der Waals surface area contributed by atoms with Crippen molar-refractivity contribution in [1.82, 2.24) is 0 Å². The summed E-state index contributed by atoms with van der Waals surface area (Å²) in [6.45, 7) is 3.87. The van der Waals surface area contributed by atoms with Crippen LogP contribution in [0.2, 0.25) is 0 Å². The second kappa shape index (κ2) is 6.54. The Morgan fingerprint density at radius 3 is 1.46 bits per heavy atom. The fourth-order valence-electron chi connectivity index (χ4n) is 0.569. The first-order chi connectivity index (χ1) is 5.83. The van der Waals surface area contributed by atoms with Gasteiger partial charge in [-0.2, -0.15) is 0 Å². The van der Waals surface area contributed by atoms with Gasteiger partial charge in [0.15, 0.2) is 5.79 Å². The summed E-state index contributed by atoms with van der Waals surface area (Å²) in [5.74, 6) is -0.774. The summed E-state index contributed by atoms with van der Waals surface area (Å²) in [6.07, 6.45) is 0. The van der Waals surface area contributed by atoms with Gasteiger partial charge in [0.25, 0.3) is 0 Å². The highest BCUT2D eigenvalue weighted by Crippen LogP contribution is 2.16. The lowest BCUT2D eigenvalue weighted by Gasteiger charge is -2.26. The van der Waals surface area contributed by atoms with Crippen molar-refractivity contribution < 1.29 is 9.47 Å². The number of hydrogen-bond donors (Lipinski definition) is 0. The summed E-state index contributed by atoms with van der Waals surface area (Å²) < 4.78 is 10.5. The third kappa shape index (κ3) is 9.39. The Balaban J connectivity index is 3.66. The van der Waals surface area contributed by atoms with Crippen LogP contribution in [0.5, 0.6) is 0 Å². The molecule has 13 heavy (non-hydrogen) atoms. The zero-order valence-electron chi connectivity index (χ0n) is 7.40. The van der Waals surface area contributed by atoms with Gasteiger partial charge in [-0.1, -0.05) is 0 Å². The molecule has 0 spiro atoms.